The van der Waals surface area contributed by atoms with Crippen LogP contribution in [0.2, 0.25) is 0 Å². The molecule has 0 heterocycles. The molecule has 0 radical (unpaired) electrons. The number of methoxy groups -OCH3 is 1. The zero-order valence-corrected chi connectivity index (χ0v) is 11.0. The highest BCUT2D eigenvalue weighted by atomic mass is 35.5. The number of hydrogen-bond donors (Lipinski definition) is 0. The van der Waals surface area contributed by atoms with Crippen molar-refractivity contribution in [3.63, 3.8) is 0 Å². The molecule has 0 fully saturated rings. The molecule has 0 saturated carbocycles. The van der Waals surface area contributed by atoms with E-state index in [0.29, 0.717) is 0 Å². The van der Waals surface area contributed by atoms with Crippen molar-refractivity contribution in [2.45, 2.75) is 45.3 Å². The van der Waals surface area contributed by atoms with E-state index in [9.17, 15) is 4.79 Å². The van der Waals surface area contributed by atoms with E-state index in [2.05, 4.69) is 0 Å². The van der Waals surface area contributed by atoms with Crippen LogP contribution >= 0.6 is 11.6 Å². The zero-order chi connectivity index (χ0) is 12.3. The molecule has 0 saturated heterocycles. The molecule has 16 heavy (non-hydrogen) atoms. The van der Waals surface area contributed by atoms with Gasteiger partial charge in [-0.3, -0.25) is 0 Å². The van der Waals surface area contributed by atoms with E-state index in [1.165, 1.54) is 7.11 Å². The van der Waals surface area contributed by atoms with Gasteiger partial charge in [0.05, 0.1) is 13.2 Å². The average molecular weight is 247 g/mol. The number of ether oxygens (including phenoxy) is 2. The van der Waals surface area contributed by atoms with Crippen molar-refractivity contribution < 1.29 is 14.3 Å². The fraction of sp³-hybridized carbons (Fsp3) is 0.750. The maximum Gasteiger partial charge on any atom is 0.337 e. The number of carbonyl (C=O) groups excluding carboxylic acids is 1. The largest absolute Gasteiger partial charge is 0.467 e. The van der Waals surface area contributed by atoms with Crippen LogP contribution in [0.3, 0.4) is 0 Å². The Morgan fingerprint density at radius 1 is 1.56 bits per heavy atom. The molecule has 2 unspecified atom stereocenters. The molecule has 0 N–H and O–H groups in total. The molecular formula is C12H19ClO3. The summed E-state index contributed by atoms with van der Waals surface area (Å²) in [6.07, 6.45) is 3.67. The third kappa shape index (κ3) is 3.22. The number of esters is 1. The third-order valence-corrected chi connectivity index (χ3v) is 3.14. The summed E-state index contributed by atoms with van der Waals surface area (Å²) in [6.45, 7) is 5.50. The summed E-state index contributed by atoms with van der Waals surface area (Å²) in [7, 11) is 1.37. The minimum atomic E-state index is -0.897. The van der Waals surface area contributed by atoms with Crippen LogP contribution in [-0.4, -0.2) is 24.8 Å². The molecule has 4 heteroatoms. The van der Waals surface area contributed by atoms with Crippen molar-refractivity contribution in [2.24, 2.45) is 5.92 Å². The first-order valence-corrected chi connectivity index (χ1v) is 5.87. The highest BCUT2D eigenvalue weighted by Crippen LogP contribution is 2.30. The van der Waals surface area contributed by atoms with Gasteiger partial charge in [0.15, 0.2) is 5.60 Å². The Kier molecular flexibility index (Phi) is 4.39. The van der Waals surface area contributed by atoms with Crippen molar-refractivity contribution in [2.75, 3.05) is 7.11 Å². The van der Waals surface area contributed by atoms with E-state index in [4.69, 9.17) is 21.1 Å². The van der Waals surface area contributed by atoms with Crippen LogP contribution < -0.4 is 0 Å². The Morgan fingerprint density at radius 2 is 2.19 bits per heavy atom. The van der Waals surface area contributed by atoms with Crippen LogP contribution in [0.5, 0.6) is 0 Å². The lowest BCUT2D eigenvalue weighted by Gasteiger charge is -2.33. The maximum absolute atomic E-state index is 11.5. The number of allylic oxidation sites excluding steroid dienone is 1. The van der Waals surface area contributed by atoms with E-state index in [1.807, 2.05) is 13.0 Å². The normalized spacial score (nSPS) is 26.2. The molecule has 0 aliphatic heterocycles. The molecule has 0 aromatic carbocycles. The minimum Gasteiger partial charge on any atom is -0.467 e. The first-order chi connectivity index (χ1) is 7.36. The number of rotatable bonds is 3. The van der Waals surface area contributed by atoms with Crippen molar-refractivity contribution in [1.29, 1.82) is 0 Å². The predicted octanol–water partition coefficient (Wildman–Crippen LogP) is 2.88. The van der Waals surface area contributed by atoms with Crippen LogP contribution in [0.15, 0.2) is 11.1 Å². The van der Waals surface area contributed by atoms with Crippen LogP contribution in [0, 0.1) is 5.92 Å². The fourth-order valence-electron chi connectivity index (χ4n) is 1.86. The van der Waals surface area contributed by atoms with E-state index in [-0.39, 0.29) is 18.0 Å². The fourth-order valence-corrected chi connectivity index (χ4v) is 2.17. The topological polar surface area (TPSA) is 35.5 Å². The van der Waals surface area contributed by atoms with Crippen LogP contribution in [0.4, 0.5) is 0 Å². The van der Waals surface area contributed by atoms with Gasteiger partial charge in [0.1, 0.15) is 0 Å². The standard InChI is InChI=1S/C12H19ClO3/c1-8-7-9(13)5-6-10(8)16-12(2,3)11(14)15-4/h7-8,10H,5-6H2,1-4H3. The second-order valence-electron chi connectivity index (χ2n) is 4.67. The molecule has 0 aromatic rings. The summed E-state index contributed by atoms with van der Waals surface area (Å²) in [5.74, 6) is -0.120. The Bertz CT molecular complexity index is 297. The van der Waals surface area contributed by atoms with E-state index in [0.717, 1.165) is 17.9 Å². The lowest BCUT2D eigenvalue weighted by Crippen LogP contribution is -2.42. The second kappa shape index (κ2) is 5.19. The Balaban J connectivity index is 2.64. The first kappa shape index (κ1) is 13.5. The quantitative estimate of drug-likeness (QED) is 0.719. The van der Waals surface area contributed by atoms with Crippen molar-refractivity contribution in [1.82, 2.24) is 0 Å². The lowest BCUT2D eigenvalue weighted by molar-refractivity contribution is -0.174. The van der Waals surface area contributed by atoms with Crippen LogP contribution in [0.1, 0.15) is 33.6 Å². The molecule has 1 rings (SSSR count). The van der Waals surface area contributed by atoms with Gasteiger partial charge in [-0.25, -0.2) is 4.79 Å². The summed E-state index contributed by atoms with van der Waals surface area (Å²) >= 11 is 5.95. The second-order valence-corrected chi connectivity index (χ2v) is 5.15. The highest BCUT2D eigenvalue weighted by molar-refractivity contribution is 6.29. The lowest BCUT2D eigenvalue weighted by atomic mass is 9.93. The summed E-state index contributed by atoms with van der Waals surface area (Å²) < 4.78 is 10.5. The molecule has 2 atom stereocenters. The molecule has 0 aromatic heterocycles. The molecule has 92 valence electrons. The highest BCUT2D eigenvalue weighted by Gasteiger charge is 2.35. The molecule has 0 spiro atoms. The van der Waals surface area contributed by atoms with Crippen molar-refractivity contribution in [3.8, 4) is 0 Å². The van der Waals surface area contributed by atoms with Gasteiger partial charge in [0, 0.05) is 11.0 Å². The summed E-state index contributed by atoms with van der Waals surface area (Å²) in [5.41, 5.74) is -0.897. The van der Waals surface area contributed by atoms with Crippen molar-refractivity contribution in [3.05, 3.63) is 11.1 Å². The van der Waals surface area contributed by atoms with Gasteiger partial charge < -0.3 is 9.47 Å². The molecule has 0 bridgehead atoms. The minimum absolute atomic E-state index is 0.0246. The molecule has 1 aliphatic carbocycles. The van der Waals surface area contributed by atoms with Gasteiger partial charge in [-0.05, 0) is 26.7 Å². The van der Waals surface area contributed by atoms with E-state index >= 15 is 0 Å². The number of halogens is 1. The number of carbonyl (C=O) groups is 1. The van der Waals surface area contributed by atoms with E-state index in [1.54, 1.807) is 13.8 Å². The smallest absolute Gasteiger partial charge is 0.337 e. The zero-order valence-electron chi connectivity index (χ0n) is 10.2. The third-order valence-electron chi connectivity index (χ3n) is 2.82. The maximum atomic E-state index is 11.5. The predicted molar refractivity (Wildman–Crippen MR) is 63.3 cm³/mol. The Morgan fingerprint density at radius 3 is 2.69 bits per heavy atom. The van der Waals surface area contributed by atoms with E-state index < -0.39 is 5.60 Å². The van der Waals surface area contributed by atoms with Gasteiger partial charge in [-0.1, -0.05) is 24.6 Å². The molecule has 1 aliphatic rings. The van der Waals surface area contributed by atoms with Crippen LogP contribution in [-0.2, 0) is 14.3 Å². The molecule has 0 amide bonds. The monoisotopic (exact) mass is 246 g/mol. The number of hydrogen-bond acceptors (Lipinski definition) is 3. The molecule has 3 nitrogen and oxygen atoms in total. The van der Waals surface area contributed by atoms with Crippen LogP contribution in [0.25, 0.3) is 0 Å². The summed E-state index contributed by atoms with van der Waals surface area (Å²) in [4.78, 5) is 11.5. The Hall–Kier alpha value is -0.540. The van der Waals surface area contributed by atoms with Gasteiger partial charge in [-0.2, -0.15) is 0 Å². The van der Waals surface area contributed by atoms with Gasteiger partial charge >= 0.3 is 5.97 Å². The SMILES string of the molecule is COC(=O)C(C)(C)OC1CCC(Cl)=CC1C. The van der Waals surface area contributed by atoms with Crippen molar-refractivity contribution >= 4 is 17.6 Å². The first-order valence-electron chi connectivity index (χ1n) is 5.49. The summed E-state index contributed by atoms with van der Waals surface area (Å²) in [6, 6.07) is 0. The molecular weight excluding hydrogens is 228 g/mol. The van der Waals surface area contributed by atoms with Gasteiger partial charge in [0.2, 0.25) is 0 Å². The van der Waals surface area contributed by atoms with Gasteiger partial charge in [0.25, 0.3) is 0 Å². The Labute approximate surface area is 102 Å². The van der Waals surface area contributed by atoms with Gasteiger partial charge in [-0.15, -0.1) is 0 Å². The average Bonchev–Trinajstić information content (AvgIpc) is 2.21. The summed E-state index contributed by atoms with van der Waals surface area (Å²) in [5, 5.41) is 0.878.